The van der Waals surface area contributed by atoms with Crippen molar-refractivity contribution in [3.05, 3.63) is 28.1 Å². The molecule has 1 saturated carbocycles. The number of anilines is 1. The fraction of sp³-hybridized carbons (Fsp3) is 0.600. The molecular formula is C15H18F4N2O4. The third-order valence-electron chi connectivity index (χ3n) is 4.35. The lowest BCUT2D eigenvalue weighted by Crippen LogP contribution is -2.45. The van der Waals surface area contributed by atoms with Crippen LogP contribution in [-0.4, -0.2) is 35.5 Å². The second-order valence-electron chi connectivity index (χ2n) is 6.18. The fourth-order valence-electron chi connectivity index (χ4n) is 3.05. The molecule has 2 atom stereocenters. The van der Waals surface area contributed by atoms with Crippen LogP contribution >= 0.6 is 0 Å². The fourth-order valence-corrected chi connectivity index (χ4v) is 3.05. The molecule has 2 N–H and O–H groups in total. The SMILES string of the molecule is COc1cc(F)c([N+](=O)[O-])c(NCC2(O)CCCC(C(F)(F)F)C2)c1. The lowest BCUT2D eigenvalue weighted by atomic mass is 9.77. The van der Waals surface area contributed by atoms with Crippen LogP contribution in [0.3, 0.4) is 0 Å². The van der Waals surface area contributed by atoms with Gasteiger partial charge in [-0.1, -0.05) is 0 Å². The van der Waals surface area contributed by atoms with Gasteiger partial charge in [-0.3, -0.25) is 10.1 Å². The molecule has 1 fully saturated rings. The van der Waals surface area contributed by atoms with Gasteiger partial charge < -0.3 is 15.2 Å². The summed E-state index contributed by atoms with van der Waals surface area (Å²) in [5.41, 5.74) is -2.80. The molecule has 1 aliphatic carbocycles. The van der Waals surface area contributed by atoms with Gasteiger partial charge in [0.15, 0.2) is 0 Å². The second kappa shape index (κ2) is 7.03. The molecule has 0 aromatic heterocycles. The van der Waals surface area contributed by atoms with E-state index in [0.29, 0.717) is 0 Å². The Morgan fingerprint density at radius 1 is 1.48 bits per heavy atom. The zero-order chi connectivity index (χ0) is 18.8. The monoisotopic (exact) mass is 366 g/mol. The Hall–Kier alpha value is -2.10. The first kappa shape index (κ1) is 19.2. The number of methoxy groups -OCH3 is 1. The van der Waals surface area contributed by atoms with Gasteiger partial charge in [-0.15, -0.1) is 0 Å². The largest absolute Gasteiger partial charge is 0.497 e. The van der Waals surface area contributed by atoms with Crippen LogP contribution in [0.4, 0.5) is 28.9 Å². The number of alkyl halides is 3. The van der Waals surface area contributed by atoms with Crippen molar-refractivity contribution in [3.8, 4) is 5.75 Å². The molecule has 10 heteroatoms. The summed E-state index contributed by atoms with van der Waals surface area (Å²) in [6.07, 6.45) is -4.70. The molecule has 2 unspecified atom stereocenters. The summed E-state index contributed by atoms with van der Waals surface area (Å²) in [5.74, 6) is -2.77. The van der Waals surface area contributed by atoms with Gasteiger partial charge in [0.2, 0.25) is 5.82 Å². The lowest BCUT2D eigenvalue weighted by Gasteiger charge is -2.37. The first-order valence-corrected chi connectivity index (χ1v) is 7.60. The van der Waals surface area contributed by atoms with E-state index in [9.17, 15) is 32.8 Å². The minimum Gasteiger partial charge on any atom is -0.497 e. The first-order valence-electron chi connectivity index (χ1n) is 7.60. The van der Waals surface area contributed by atoms with Gasteiger partial charge in [0.1, 0.15) is 11.4 Å². The van der Waals surface area contributed by atoms with Crippen LogP contribution in [-0.2, 0) is 0 Å². The van der Waals surface area contributed by atoms with Crippen molar-refractivity contribution < 1.29 is 32.3 Å². The third kappa shape index (κ3) is 4.50. The maximum Gasteiger partial charge on any atom is 0.391 e. The molecular weight excluding hydrogens is 348 g/mol. The number of halogens is 4. The van der Waals surface area contributed by atoms with Crippen LogP contribution in [0.25, 0.3) is 0 Å². The van der Waals surface area contributed by atoms with Gasteiger partial charge in [-0.2, -0.15) is 17.6 Å². The maximum atomic E-state index is 13.9. The molecule has 2 rings (SSSR count). The van der Waals surface area contributed by atoms with Crippen LogP contribution in [0.5, 0.6) is 5.75 Å². The van der Waals surface area contributed by atoms with Crippen molar-refractivity contribution in [3.63, 3.8) is 0 Å². The Morgan fingerprint density at radius 2 is 2.16 bits per heavy atom. The van der Waals surface area contributed by atoms with Crippen molar-refractivity contribution in [1.82, 2.24) is 0 Å². The highest BCUT2D eigenvalue weighted by Gasteiger charge is 2.47. The van der Waals surface area contributed by atoms with Crippen molar-refractivity contribution in [2.75, 3.05) is 19.0 Å². The van der Waals surface area contributed by atoms with Gasteiger partial charge in [0.25, 0.3) is 0 Å². The van der Waals surface area contributed by atoms with Gasteiger partial charge in [-0.25, -0.2) is 0 Å². The van der Waals surface area contributed by atoms with E-state index in [4.69, 9.17) is 4.74 Å². The summed E-state index contributed by atoms with van der Waals surface area (Å²) in [4.78, 5) is 10.1. The number of aliphatic hydroxyl groups is 1. The van der Waals surface area contributed by atoms with Crippen molar-refractivity contribution in [2.24, 2.45) is 5.92 Å². The van der Waals surface area contributed by atoms with Crippen LogP contribution in [0.15, 0.2) is 12.1 Å². The Bertz CT molecular complexity index is 653. The van der Waals surface area contributed by atoms with E-state index in [0.717, 1.165) is 12.1 Å². The summed E-state index contributed by atoms with van der Waals surface area (Å²) in [5, 5.41) is 24.0. The molecule has 0 heterocycles. The highest BCUT2D eigenvalue weighted by Crippen LogP contribution is 2.42. The molecule has 0 aliphatic heterocycles. The van der Waals surface area contributed by atoms with Crippen LogP contribution in [0.2, 0.25) is 0 Å². The van der Waals surface area contributed by atoms with E-state index >= 15 is 0 Å². The summed E-state index contributed by atoms with van der Waals surface area (Å²) in [6.45, 7) is -0.368. The zero-order valence-corrected chi connectivity index (χ0v) is 13.4. The topological polar surface area (TPSA) is 84.6 Å². The maximum absolute atomic E-state index is 13.9. The normalized spacial score (nSPS) is 24.0. The number of nitrogens with zero attached hydrogens (tertiary/aromatic N) is 1. The minimum absolute atomic E-state index is 0.00871. The summed E-state index contributed by atoms with van der Waals surface area (Å²) in [6, 6.07) is 1.99. The standard InChI is InChI=1S/C15H18F4N2O4/c1-25-10-5-11(16)13(21(23)24)12(6-10)20-8-14(22)4-2-3-9(7-14)15(17,18)19/h5-6,9,20,22H,2-4,7-8H2,1H3. The number of nitro groups is 1. The van der Waals surface area contributed by atoms with Gasteiger partial charge in [-0.05, 0) is 25.7 Å². The second-order valence-corrected chi connectivity index (χ2v) is 6.18. The van der Waals surface area contributed by atoms with Crippen LogP contribution < -0.4 is 10.1 Å². The van der Waals surface area contributed by atoms with E-state index in [1.807, 2.05) is 0 Å². The Balaban J connectivity index is 2.20. The van der Waals surface area contributed by atoms with Gasteiger partial charge >= 0.3 is 11.9 Å². The average Bonchev–Trinajstić information content (AvgIpc) is 2.51. The highest BCUT2D eigenvalue weighted by atomic mass is 19.4. The number of ether oxygens (including phenoxy) is 1. The van der Waals surface area contributed by atoms with Crippen LogP contribution in [0, 0.1) is 21.8 Å². The summed E-state index contributed by atoms with van der Waals surface area (Å²) < 4.78 is 57.3. The molecule has 0 radical (unpaired) electrons. The molecule has 0 saturated heterocycles. The summed E-state index contributed by atoms with van der Waals surface area (Å²) in [7, 11) is 1.24. The Labute approximate surface area is 140 Å². The lowest BCUT2D eigenvalue weighted by molar-refractivity contribution is -0.386. The van der Waals surface area contributed by atoms with E-state index in [1.165, 1.54) is 7.11 Å². The number of hydrogen-bond donors (Lipinski definition) is 2. The van der Waals surface area contributed by atoms with E-state index in [-0.39, 0.29) is 37.2 Å². The first-order chi connectivity index (χ1) is 11.6. The number of benzene rings is 1. The van der Waals surface area contributed by atoms with E-state index in [1.54, 1.807) is 0 Å². The van der Waals surface area contributed by atoms with Crippen molar-refractivity contribution in [2.45, 2.75) is 37.5 Å². The van der Waals surface area contributed by atoms with Crippen molar-refractivity contribution >= 4 is 11.4 Å². The minimum atomic E-state index is -4.41. The number of rotatable bonds is 5. The zero-order valence-electron chi connectivity index (χ0n) is 13.4. The molecule has 0 spiro atoms. The van der Waals surface area contributed by atoms with Gasteiger partial charge in [0.05, 0.1) is 23.6 Å². The number of nitrogens with one attached hydrogen (secondary N) is 1. The predicted molar refractivity (Wildman–Crippen MR) is 81.1 cm³/mol. The molecule has 0 amide bonds. The number of nitro benzene ring substituents is 1. The molecule has 1 aromatic carbocycles. The van der Waals surface area contributed by atoms with Crippen molar-refractivity contribution in [1.29, 1.82) is 0 Å². The third-order valence-corrected chi connectivity index (χ3v) is 4.35. The smallest absolute Gasteiger partial charge is 0.391 e. The quantitative estimate of drug-likeness (QED) is 0.472. The van der Waals surface area contributed by atoms with E-state index in [2.05, 4.69) is 5.32 Å². The van der Waals surface area contributed by atoms with E-state index < -0.39 is 40.5 Å². The molecule has 1 aliphatic rings. The van der Waals surface area contributed by atoms with Crippen LogP contribution in [0.1, 0.15) is 25.7 Å². The Kier molecular flexibility index (Phi) is 5.40. The molecule has 0 bridgehead atoms. The average molecular weight is 366 g/mol. The molecule has 140 valence electrons. The number of hydrogen-bond acceptors (Lipinski definition) is 5. The highest BCUT2D eigenvalue weighted by molar-refractivity contribution is 5.65. The molecule has 25 heavy (non-hydrogen) atoms. The predicted octanol–water partition coefficient (Wildman–Crippen LogP) is 3.64. The van der Waals surface area contributed by atoms with Gasteiger partial charge in [0, 0.05) is 18.7 Å². The molecule has 1 aromatic rings. The summed E-state index contributed by atoms with van der Waals surface area (Å²) >= 11 is 0. The Morgan fingerprint density at radius 3 is 2.72 bits per heavy atom. The molecule has 6 nitrogen and oxygen atoms in total.